The third kappa shape index (κ3) is 7.93. The molecule has 3 atom stereocenters. The van der Waals surface area contributed by atoms with Crippen molar-refractivity contribution in [1.29, 1.82) is 0 Å². The van der Waals surface area contributed by atoms with Crippen LogP contribution >= 0.6 is 11.6 Å². The van der Waals surface area contributed by atoms with Crippen molar-refractivity contribution in [1.82, 2.24) is 19.7 Å². The number of nitrogens with zero attached hydrogens (tertiary/aromatic N) is 5. The number of halogens is 2. The van der Waals surface area contributed by atoms with Gasteiger partial charge >= 0.3 is 0 Å². The minimum atomic E-state index is -4.58. The first-order valence-corrected chi connectivity index (χ1v) is 21.1. The van der Waals surface area contributed by atoms with E-state index in [0.717, 1.165) is 35.0 Å². The lowest BCUT2D eigenvalue weighted by Crippen LogP contribution is -2.47. The molecule has 1 fully saturated rings. The van der Waals surface area contributed by atoms with Crippen LogP contribution in [0, 0.1) is 5.82 Å². The van der Waals surface area contributed by atoms with Crippen LogP contribution in [0.2, 0.25) is 23.2 Å². The van der Waals surface area contributed by atoms with Crippen molar-refractivity contribution in [3.8, 4) is 17.2 Å². The fraction of sp³-hybridized carbons (Fsp3) is 0.457. The zero-order chi connectivity index (χ0) is 36.4. The Labute approximate surface area is 299 Å². The van der Waals surface area contributed by atoms with Gasteiger partial charge < -0.3 is 18.6 Å². The van der Waals surface area contributed by atoms with Gasteiger partial charge in [0.25, 0.3) is 10.0 Å². The Hall–Kier alpha value is -3.72. The van der Waals surface area contributed by atoms with Crippen LogP contribution in [0.4, 0.5) is 10.2 Å². The van der Waals surface area contributed by atoms with Gasteiger partial charge in [0, 0.05) is 67.3 Å². The summed E-state index contributed by atoms with van der Waals surface area (Å²) < 4.78 is 71.6. The van der Waals surface area contributed by atoms with Gasteiger partial charge in [-0.15, -0.1) is 0 Å². The van der Waals surface area contributed by atoms with Gasteiger partial charge in [-0.3, -0.25) is 4.68 Å². The molecule has 4 aromatic rings. The number of ether oxygens (including phenoxy) is 3. The van der Waals surface area contributed by atoms with Crippen molar-refractivity contribution >= 4 is 35.8 Å². The quantitative estimate of drug-likeness (QED) is 0.136. The van der Waals surface area contributed by atoms with Gasteiger partial charge in [0.1, 0.15) is 46.2 Å². The van der Waals surface area contributed by atoms with Crippen LogP contribution in [0.25, 0.3) is 0 Å². The maximum Gasteiger partial charge on any atom is 0.268 e. The second-order valence-electron chi connectivity index (χ2n) is 13.9. The molecule has 0 N–H and O–H groups in total. The standard InChI is InChI=1S/C35H45ClFN5O6SSi/c1-35(2,3)50(7,8)48-25-11-12-26(29-13-16-40-41(29)4)31(18-25)47-32-20-28(37)33(19-27(32)36)49(43,44)42(34-14-15-38-22-39-34)21-23-9-10-24(45-5)17-30(23)46-6/h9-10,13-17,19-20,22,25-26,31H,11-12,18,21H2,1-8H3. The average Bonchev–Trinajstić information content (AvgIpc) is 3.50. The van der Waals surface area contributed by atoms with Crippen LogP contribution in [-0.2, 0) is 28.0 Å². The lowest BCUT2D eigenvalue weighted by Gasteiger charge is -2.43. The first-order valence-electron chi connectivity index (χ1n) is 16.4. The third-order valence-corrected chi connectivity index (χ3v) is 16.3. The highest BCUT2D eigenvalue weighted by Crippen LogP contribution is 2.43. The summed E-state index contributed by atoms with van der Waals surface area (Å²) in [6.45, 7) is 10.8. The molecule has 0 amide bonds. The van der Waals surface area contributed by atoms with Crippen molar-refractivity contribution in [2.45, 2.75) is 87.7 Å². The molecule has 0 spiro atoms. The number of aromatic nitrogens is 4. The number of aryl methyl sites for hydroxylation is 1. The molecule has 0 saturated heterocycles. The van der Waals surface area contributed by atoms with Crippen molar-refractivity contribution in [3.05, 3.63) is 83.3 Å². The largest absolute Gasteiger partial charge is 0.497 e. The molecule has 0 bridgehead atoms. The maximum atomic E-state index is 16.2. The molecule has 11 nitrogen and oxygen atoms in total. The Bertz CT molecular complexity index is 1910. The Morgan fingerprint density at radius 3 is 2.42 bits per heavy atom. The number of hydrogen-bond acceptors (Lipinski definition) is 9. The lowest BCUT2D eigenvalue weighted by molar-refractivity contribution is 0.0429. The van der Waals surface area contributed by atoms with Gasteiger partial charge in [-0.2, -0.15) is 5.10 Å². The Morgan fingerprint density at radius 2 is 1.80 bits per heavy atom. The zero-order valence-electron chi connectivity index (χ0n) is 29.7. The van der Waals surface area contributed by atoms with Gasteiger partial charge in [0.15, 0.2) is 8.32 Å². The normalized spacial score (nSPS) is 18.5. The van der Waals surface area contributed by atoms with E-state index in [0.29, 0.717) is 23.5 Å². The predicted octanol–water partition coefficient (Wildman–Crippen LogP) is 7.52. The van der Waals surface area contributed by atoms with Crippen LogP contribution < -0.4 is 18.5 Å². The maximum absolute atomic E-state index is 16.2. The van der Waals surface area contributed by atoms with Crippen LogP contribution in [0.5, 0.6) is 17.2 Å². The second-order valence-corrected chi connectivity index (χ2v) is 20.9. The highest BCUT2D eigenvalue weighted by molar-refractivity contribution is 7.92. The Kier molecular flexibility index (Phi) is 11.2. The molecular formula is C35H45ClFN5O6SSi. The molecule has 15 heteroatoms. The Balaban J connectivity index is 1.48. The minimum Gasteiger partial charge on any atom is -0.497 e. The van der Waals surface area contributed by atoms with Crippen molar-refractivity contribution in [2.24, 2.45) is 7.05 Å². The molecule has 0 radical (unpaired) electrons. The van der Waals surface area contributed by atoms with Crippen molar-refractivity contribution < 1.29 is 31.4 Å². The number of methoxy groups -OCH3 is 2. The summed E-state index contributed by atoms with van der Waals surface area (Å²) in [6, 6.07) is 10.5. The fourth-order valence-corrected chi connectivity index (χ4v) is 9.09. The molecule has 1 aliphatic rings. The first-order chi connectivity index (χ1) is 23.6. The van der Waals surface area contributed by atoms with Crippen LogP contribution in [-0.4, -0.2) is 62.9 Å². The topological polar surface area (TPSA) is 118 Å². The van der Waals surface area contributed by atoms with E-state index < -0.39 is 35.2 Å². The van der Waals surface area contributed by atoms with E-state index >= 15 is 4.39 Å². The smallest absolute Gasteiger partial charge is 0.268 e. The van der Waals surface area contributed by atoms with E-state index in [1.165, 1.54) is 32.8 Å². The van der Waals surface area contributed by atoms with Crippen LogP contribution in [0.1, 0.15) is 57.2 Å². The fourth-order valence-electron chi connectivity index (χ4n) is 5.95. The molecule has 2 aromatic carbocycles. The second kappa shape index (κ2) is 14.9. The van der Waals surface area contributed by atoms with E-state index in [-0.39, 0.29) is 40.2 Å². The molecular weight excluding hydrogens is 701 g/mol. The summed E-state index contributed by atoms with van der Waals surface area (Å²) >= 11 is 6.75. The zero-order valence-corrected chi connectivity index (χ0v) is 32.3. The third-order valence-electron chi connectivity index (χ3n) is 9.71. The van der Waals surface area contributed by atoms with E-state index in [1.807, 2.05) is 17.8 Å². The number of benzene rings is 2. The summed E-state index contributed by atoms with van der Waals surface area (Å²) in [5, 5.41) is 4.33. The monoisotopic (exact) mass is 745 g/mol. The van der Waals surface area contributed by atoms with Crippen LogP contribution in [0.15, 0.2) is 66.1 Å². The molecule has 0 aliphatic heterocycles. The number of anilines is 1. The molecule has 3 unspecified atom stereocenters. The van der Waals surface area contributed by atoms with Crippen molar-refractivity contribution in [2.75, 3.05) is 18.5 Å². The SMILES string of the molecule is COc1ccc(CN(c2ccncn2)S(=O)(=O)c2cc(Cl)c(OC3CC(O[Si](C)(C)C(C)(C)C)CCC3c3ccnn3C)cc2F)c(OC)c1. The molecule has 2 aromatic heterocycles. The number of hydrogen-bond donors (Lipinski definition) is 0. The predicted molar refractivity (Wildman–Crippen MR) is 193 cm³/mol. The number of rotatable bonds is 12. The molecule has 2 heterocycles. The van der Waals surface area contributed by atoms with E-state index in [1.54, 1.807) is 24.4 Å². The lowest BCUT2D eigenvalue weighted by atomic mass is 9.82. The van der Waals surface area contributed by atoms with E-state index in [9.17, 15) is 8.42 Å². The van der Waals surface area contributed by atoms with Gasteiger partial charge in [-0.05, 0) is 55.2 Å². The molecule has 50 heavy (non-hydrogen) atoms. The Morgan fingerprint density at radius 1 is 1.04 bits per heavy atom. The van der Waals surface area contributed by atoms with Gasteiger partial charge in [-0.25, -0.2) is 27.1 Å². The van der Waals surface area contributed by atoms with Crippen molar-refractivity contribution in [3.63, 3.8) is 0 Å². The summed E-state index contributed by atoms with van der Waals surface area (Å²) in [5.74, 6) is -0.116. The van der Waals surface area contributed by atoms with E-state index in [2.05, 4.69) is 48.9 Å². The van der Waals surface area contributed by atoms with E-state index in [4.69, 9.17) is 30.2 Å². The highest BCUT2D eigenvalue weighted by atomic mass is 35.5. The molecule has 5 rings (SSSR count). The highest BCUT2D eigenvalue weighted by Gasteiger charge is 2.43. The molecule has 270 valence electrons. The van der Waals surface area contributed by atoms with Gasteiger partial charge in [0.2, 0.25) is 0 Å². The van der Waals surface area contributed by atoms with Crippen LogP contribution in [0.3, 0.4) is 0 Å². The summed E-state index contributed by atoms with van der Waals surface area (Å²) in [5.41, 5.74) is 1.47. The first kappa shape index (κ1) is 37.5. The summed E-state index contributed by atoms with van der Waals surface area (Å²) in [6.07, 6.45) is 6.00. The summed E-state index contributed by atoms with van der Waals surface area (Å²) in [4.78, 5) is 7.45. The molecule has 1 saturated carbocycles. The average molecular weight is 746 g/mol. The number of sulfonamides is 1. The van der Waals surface area contributed by atoms with Gasteiger partial charge in [-0.1, -0.05) is 32.4 Å². The van der Waals surface area contributed by atoms with Gasteiger partial charge in [0.05, 0.1) is 25.8 Å². The minimum absolute atomic E-state index is 0.0220. The molecule has 1 aliphatic carbocycles. The summed E-state index contributed by atoms with van der Waals surface area (Å²) in [7, 11) is -1.81.